The van der Waals surface area contributed by atoms with Gasteiger partial charge in [0.15, 0.2) is 5.13 Å². The molecular formula is C31H29FN6OS. The number of nitrogens with one attached hydrogen (secondary N) is 3. The Kier molecular flexibility index (Phi) is 6.38. The lowest BCUT2D eigenvalue weighted by molar-refractivity contribution is -0.127. The van der Waals surface area contributed by atoms with Gasteiger partial charge in [0.1, 0.15) is 11.2 Å². The van der Waals surface area contributed by atoms with E-state index in [-0.39, 0.29) is 11.0 Å². The van der Waals surface area contributed by atoms with Gasteiger partial charge >= 0.3 is 0 Å². The number of benzene rings is 1. The van der Waals surface area contributed by atoms with E-state index in [1.807, 2.05) is 69.3 Å². The van der Waals surface area contributed by atoms with Crippen LogP contribution in [0, 0.1) is 10.5 Å². The van der Waals surface area contributed by atoms with Crippen LogP contribution in [0.1, 0.15) is 39.3 Å². The molecule has 0 spiro atoms. The molecule has 9 heteroatoms. The molecule has 5 N–H and O–H groups in total. The topological polar surface area (TPSA) is 112 Å². The molecule has 4 heterocycles. The molecule has 202 valence electrons. The third kappa shape index (κ3) is 5.08. The zero-order chi connectivity index (χ0) is 28.0. The summed E-state index contributed by atoms with van der Waals surface area (Å²) in [6.07, 6.45) is 7.42. The van der Waals surface area contributed by atoms with Crippen LogP contribution in [0.15, 0.2) is 78.2 Å². The van der Waals surface area contributed by atoms with E-state index in [4.69, 9.17) is 10.7 Å². The minimum Gasteiger partial charge on any atom is -0.404 e. The van der Waals surface area contributed by atoms with Crippen LogP contribution in [0.3, 0.4) is 0 Å². The number of thiophene rings is 1. The molecule has 1 saturated carbocycles. The summed E-state index contributed by atoms with van der Waals surface area (Å²) in [5.41, 5.74) is 13.6. The average Bonchev–Trinajstić information content (AvgIpc) is 3.28. The zero-order valence-electron chi connectivity index (χ0n) is 22.4. The molecule has 0 aliphatic heterocycles. The van der Waals surface area contributed by atoms with E-state index >= 15 is 0 Å². The number of hydrogen-bond acceptors (Lipinski definition) is 5. The molecule has 1 aliphatic carbocycles. The predicted molar refractivity (Wildman–Crippen MR) is 160 cm³/mol. The predicted octanol–water partition coefficient (Wildman–Crippen LogP) is 7.04. The summed E-state index contributed by atoms with van der Waals surface area (Å²) in [7, 11) is 0. The summed E-state index contributed by atoms with van der Waals surface area (Å²) in [6, 6.07) is 15.0. The molecule has 5 aromatic rings. The van der Waals surface area contributed by atoms with Gasteiger partial charge in [0.25, 0.3) is 0 Å². The van der Waals surface area contributed by atoms with E-state index in [0.717, 1.165) is 56.7 Å². The van der Waals surface area contributed by atoms with Gasteiger partial charge in [-0.3, -0.25) is 9.89 Å². The highest BCUT2D eigenvalue weighted by Crippen LogP contribution is 2.36. The standard InChI is InChI=1S/C31H29FN6OS/c1-31(2,3)30(39)34-19(13-17-7-8-17)14-18(16-33)22-9-10-24-28(36-22)29(38-37-24)25-15-21-20(5-4-6-23(21)35-25)26-11-12-27(32)40-26/h4-6,9-16,35H,7-8,33H2,1-3H3,(H,34,39)(H,37,38)/b18-16+,19-14+. The van der Waals surface area contributed by atoms with Crippen LogP contribution in [-0.2, 0) is 4.79 Å². The van der Waals surface area contributed by atoms with Crippen molar-refractivity contribution in [2.24, 2.45) is 11.1 Å². The number of hydrogen-bond donors (Lipinski definition) is 4. The number of aromatic amines is 2. The van der Waals surface area contributed by atoms with E-state index in [1.54, 1.807) is 6.07 Å². The summed E-state index contributed by atoms with van der Waals surface area (Å²) in [4.78, 5) is 22.0. The Morgan fingerprint density at radius 1 is 1.12 bits per heavy atom. The van der Waals surface area contributed by atoms with Gasteiger partial charge in [-0.05, 0) is 61.4 Å². The lowest BCUT2D eigenvalue weighted by atomic mass is 9.95. The first kappa shape index (κ1) is 25.8. The number of carbonyl (C=O) groups is 1. The first-order valence-corrected chi connectivity index (χ1v) is 13.9. The minimum atomic E-state index is -0.534. The third-order valence-electron chi connectivity index (χ3n) is 6.79. The van der Waals surface area contributed by atoms with E-state index < -0.39 is 5.41 Å². The fraction of sp³-hybridized carbons (Fsp3) is 0.194. The number of aromatic nitrogens is 4. The van der Waals surface area contributed by atoms with Gasteiger partial charge in [0, 0.05) is 44.2 Å². The van der Waals surface area contributed by atoms with E-state index in [1.165, 1.54) is 17.8 Å². The molecule has 4 aromatic heterocycles. The van der Waals surface area contributed by atoms with Crippen molar-refractivity contribution in [2.45, 2.75) is 33.6 Å². The van der Waals surface area contributed by atoms with E-state index in [2.05, 4.69) is 20.5 Å². The molecule has 1 aromatic carbocycles. The van der Waals surface area contributed by atoms with Crippen molar-refractivity contribution in [3.63, 3.8) is 0 Å². The van der Waals surface area contributed by atoms with Crippen LogP contribution in [0.5, 0.6) is 0 Å². The number of halogens is 1. The molecule has 7 nitrogen and oxygen atoms in total. The van der Waals surface area contributed by atoms with E-state index in [9.17, 15) is 9.18 Å². The smallest absolute Gasteiger partial charge is 0.229 e. The van der Waals surface area contributed by atoms with Gasteiger partial charge in [-0.1, -0.05) is 38.5 Å². The SMILES string of the molecule is CC(C)(C)C(=O)N/C(C=C1CC1)=C/C(=C\N)c1ccc2[nH]nc(-c3cc4c(-c5ccc(F)s5)cccc4[nH]3)c2n1. The van der Waals surface area contributed by atoms with Gasteiger partial charge < -0.3 is 16.0 Å². The molecule has 1 fully saturated rings. The zero-order valence-corrected chi connectivity index (χ0v) is 23.2. The Bertz CT molecular complexity index is 1860. The van der Waals surface area contributed by atoms with Crippen LogP contribution in [0.4, 0.5) is 4.39 Å². The maximum Gasteiger partial charge on any atom is 0.229 e. The van der Waals surface area contributed by atoms with Gasteiger partial charge in [-0.25, -0.2) is 4.98 Å². The molecule has 40 heavy (non-hydrogen) atoms. The molecule has 1 aliphatic rings. The highest BCUT2D eigenvalue weighted by atomic mass is 32.1. The fourth-order valence-electron chi connectivity index (χ4n) is 4.45. The van der Waals surface area contributed by atoms with Gasteiger partial charge in [0.2, 0.25) is 5.91 Å². The second-order valence-corrected chi connectivity index (χ2v) is 12.0. The number of amides is 1. The number of nitrogens with zero attached hydrogens (tertiary/aromatic N) is 2. The lowest BCUT2D eigenvalue weighted by Gasteiger charge is -2.18. The van der Waals surface area contributed by atoms with Crippen molar-refractivity contribution < 1.29 is 9.18 Å². The van der Waals surface area contributed by atoms with Crippen molar-refractivity contribution in [1.29, 1.82) is 0 Å². The highest BCUT2D eigenvalue weighted by molar-refractivity contribution is 7.14. The van der Waals surface area contributed by atoms with Crippen LogP contribution >= 0.6 is 11.3 Å². The maximum absolute atomic E-state index is 13.8. The van der Waals surface area contributed by atoms with Crippen molar-refractivity contribution in [2.75, 3.05) is 0 Å². The number of fused-ring (bicyclic) bond motifs is 2. The number of pyridine rings is 1. The molecule has 0 bridgehead atoms. The van der Waals surface area contributed by atoms with Crippen LogP contribution in [-0.4, -0.2) is 26.1 Å². The number of H-pyrrole nitrogens is 2. The second-order valence-electron chi connectivity index (χ2n) is 10.9. The van der Waals surface area contributed by atoms with Crippen LogP contribution in [0.2, 0.25) is 0 Å². The lowest BCUT2D eigenvalue weighted by Crippen LogP contribution is -2.33. The van der Waals surface area contributed by atoms with Gasteiger partial charge in [-0.15, -0.1) is 11.3 Å². The Morgan fingerprint density at radius 2 is 1.95 bits per heavy atom. The quantitative estimate of drug-likeness (QED) is 0.169. The molecular weight excluding hydrogens is 523 g/mol. The molecule has 0 atom stereocenters. The van der Waals surface area contributed by atoms with Gasteiger partial charge in [0.05, 0.1) is 16.9 Å². The molecule has 0 radical (unpaired) electrons. The van der Waals surface area contributed by atoms with Crippen molar-refractivity contribution in [3.05, 3.63) is 89.0 Å². The largest absolute Gasteiger partial charge is 0.404 e. The Hall–Kier alpha value is -4.50. The molecule has 6 rings (SSSR count). The van der Waals surface area contributed by atoms with Crippen molar-refractivity contribution in [3.8, 4) is 21.8 Å². The van der Waals surface area contributed by atoms with Crippen molar-refractivity contribution in [1.82, 2.24) is 25.5 Å². The number of nitrogens with two attached hydrogens (primary N) is 1. The summed E-state index contributed by atoms with van der Waals surface area (Å²) in [6.45, 7) is 5.64. The summed E-state index contributed by atoms with van der Waals surface area (Å²) < 4.78 is 13.8. The van der Waals surface area contributed by atoms with Crippen molar-refractivity contribution >= 4 is 44.8 Å². The summed E-state index contributed by atoms with van der Waals surface area (Å²) in [5, 5.41) is 11.4. The molecule has 0 saturated heterocycles. The van der Waals surface area contributed by atoms with E-state index in [0.29, 0.717) is 28.2 Å². The second kappa shape index (κ2) is 9.91. The van der Waals surface area contributed by atoms with Gasteiger partial charge in [-0.2, -0.15) is 9.49 Å². The Morgan fingerprint density at radius 3 is 2.65 bits per heavy atom. The highest BCUT2D eigenvalue weighted by Gasteiger charge is 2.23. The maximum atomic E-state index is 13.8. The minimum absolute atomic E-state index is 0.0726. The first-order valence-electron chi connectivity index (χ1n) is 13.1. The first-order chi connectivity index (χ1) is 19.2. The summed E-state index contributed by atoms with van der Waals surface area (Å²) in [5.74, 6) is -0.0726. The molecule has 1 amide bonds. The Balaban J connectivity index is 1.39. The van der Waals surface area contributed by atoms with Crippen LogP contribution in [0.25, 0.3) is 49.3 Å². The number of rotatable bonds is 6. The monoisotopic (exact) mass is 552 g/mol. The summed E-state index contributed by atoms with van der Waals surface area (Å²) >= 11 is 1.12. The normalized spacial score (nSPS) is 14.2. The average molecular weight is 553 g/mol. The molecule has 0 unspecified atom stereocenters. The Labute approximate surface area is 234 Å². The fourth-order valence-corrected chi connectivity index (χ4v) is 5.22. The third-order valence-corrected chi connectivity index (χ3v) is 7.70. The number of allylic oxidation sites excluding steroid dienone is 4. The van der Waals surface area contributed by atoms with Crippen LogP contribution < -0.4 is 11.1 Å². The number of carbonyl (C=O) groups excluding carboxylic acids is 1.